The van der Waals surface area contributed by atoms with Crippen LogP contribution in [0.25, 0.3) is 0 Å². The maximum Gasteiger partial charge on any atom is 0.255 e. The molecular weight excluding hydrogens is 308 g/mol. The quantitative estimate of drug-likeness (QED) is 0.910. The molecule has 0 fully saturated rings. The number of halogens is 1. The van der Waals surface area contributed by atoms with E-state index in [9.17, 15) is 9.90 Å². The summed E-state index contributed by atoms with van der Waals surface area (Å²) in [5.74, 6) is -0.317. The highest BCUT2D eigenvalue weighted by Gasteiger charge is 2.10. The minimum atomic E-state index is -0.283. The zero-order valence-electron chi connectivity index (χ0n) is 10.1. The fraction of sp³-hybridized carbons (Fsp3) is 0.143. The van der Waals surface area contributed by atoms with E-state index in [2.05, 4.69) is 26.2 Å². The number of amides is 1. The molecule has 0 bridgehead atoms. The number of pyridine rings is 1. The Morgan fingerprint density at radius 2 is 2.21 bits per heavy atom. The number of carbonyl (C=O) groups is 1. The molecule has 2 rings (SSSR count). The molecule has 0 atom stereocenters. The third-order valence-corrected chi connectivity index (χ3v) is 3.12. The first-order valence-corrected chi connectivity index (χ1v) is 6.62. The van der Waals surface area contributed by atoms with Crippen molar-refractivity contribution in [2.24, 2.45) is 0 Å². The SMILES string of the molecule is O=C(NCCc1cccnc1)c1ccc(Br)cc1O. The molecule has 0 saturated heterocycles. The number of hydrogen-bond donors (Lipinski definition) is 2. The Morgan fingerprint density at radius 1 is 1.37 bits per heavy atom. The maximum atomic E-state index is 11.9. The van der Waals surface area contributed by atoms with Crippen molar-refractivity contribution in [1.82, 2.24) is 10.3 Å². The van der Waals surface area contributed by atoms with Crippen LogP contribution in [0.3, 0.4) is 0 Å². The van der Waals surface area contributed by atoms with Crippen molar-refractivity contribution < 1.29 is 9.90 Å². The number of benzene rings is 1. The van der Waals surface area contributed by atoms with E-state index in [0.29, 0.717) is 13.0 Å². The van der Waals surface area contributed by atoms with E-state index in [1.54, 1.807) is 24.5 Å². The average molecular weight is 321 g/mol. The standard InChI is InChI=1S/C14H13BrN2O2/c15-11-3-4-12(13(18)8-11)14(19)17-7-5-10-2-1-6-16-9-10/h1-4,6,8-9,18H,5,7H2,(H,17,19). The lowest BCUT2D eigenvalue weighted by Crippen LogP contribution is -2.25. The molecule has 0 radical (unpaired) electrons. The molecule has 0 spiro atoms. The van der Waals surface area contributed by atoms with Crippen LogP contribution in [0.2, 0.25) is 0 Å². The van der Waals surface area contributed by atoms with Crippen molar-refractivity contribution in [2.75, 3.05) is 6.54 Å². The zero-order valence-corrected chi connectivity index (χ0v) is 11.7. The Balaban J connectivity index is 1.91. The fourth-order valence-corrected chi connectivity index (χ4v) is 2.01. The minimum Gasteiger partial charge on any atom is -0.507 e. The monoisotopic (exact) mass is 320 g/mol. The van der Waals surface area contributed by atoms with Gasteiger partial charge in [-0.2, -0.15) is 0 Å². The summed E-state index contributed by atoms with van der Waals surface area (Å²) >= 11 is 3.23. The van der Waals surface area contributed by atoms with Crippen LogP contribution in [0.15, 0.2) is 47.2 Å². The van der Waals surface area contributed by atoms with E-state index in [1.165, 1.54) is 6.07 Å². The Morgan fingerprint density at radius 3 is 2.89 bits per heavy atom. The first-order chi connectivity index (χ1) is 9.16. The Kier molecular flexibility index (Phi) is 4.52. The minimum absolute atomic E-state index is 0.0340. The Labute approximate surface area is 119 Å². The van der Waals surface area contributed by atoms with Crippen LogP contribution in [-0.4, -0.2) is 22.5 Å². The predicted molar refractivity (Wildman–Crippen MR) is 76.1 cm³/mol. The highest BCUT2D eigenvalue weighted by Crippen LogP contribution is 2.21. The molecule has 0 aliphatic heterocycles. The third kappa shape index (κ3) is 3.79. The highest BCUT2D eigenvalue weighted by molar-refractivity contribution is 9.10. The molecule has 1 aromatic carbocycles. The summed E-state index contributed by atoms with van der Waals surface area (Å²) in [5.41, 5.74) is 1.33. The van der Waals surface area contributed by atoms with Crippen LogP contribution in [0.1, 0.15) is 15.9 Å². The number of aromatic hydroxyl groups is 1. The summed E-state index contributed by atoms with van der Waals surface area (Å²) in [6.07, 6.45) is 4.18. The summed E-state index contributed by atoms with van der Waals surface area (Å²) in [4.78, 5) is 15.9. The number of phenols is 1. The molecule has 1 aromatic heterocycles. The van der Waals surface area contributed by atoms with Crippen LogP contribution in [0, 0.1) is 0 Å². The molecule has 0 unspecified atom stereocenters. The lowest BCUT2D eigenvalue weighted by molar-refractivity contribution is 0.0951. The van der Waals surface area contributed by atoms with Crippen LogP contribution in [-0.2, 0) is 6.42 Å². The first-order valence-electron chi connectivity index (χ1n) is 5.82. The van der Waals surface area contributed by atoms with Gasteiger partial charge in [0.05, 0.1) is 5.56 Å². The van der Waals surface area contributed by atoms with E-state index >= 15 is 0 Å². The number of rotatable bonds is 4. The highest BCUT2D eigenvalue weighted by atomic mass is 79.9. The van der Waals surface area contributed by atoms with Crippen LogP contribution in [0.5, 0.6) is 5.75 Å². The molecule has 1 heterocycles. The fourth-order valence-electron chi connectivity index (χ4n) is 1.66. The van der Waals surface area contributed by atoms with E-state index in [-0.39, 0.29) is 17.2 Å². The number of nitrogens with one attached hydrogen (secondary N) is 1. The van der Waals surface area contributed by atoms with Crippen molar-refractivity contribution in [2.45, 2.75) is 6.42 Å². The number of phenolic OH excluding ortho intramolecular Hbond substituents is 1. The van der Waals surface area contributed by atoms with Crippen LogP contribution in [0.4, 0.5) is 0 Å². The van der Waals surface area contributed by atoms with Gasteiger partial charge in [0, 0.05) is 23.4 Å². The lowest BCUT2D eigenvalue weighted by atomic mass is 10.1. The summed E-state index contributed by atoms with van der Waals surface area (Å²) in [6, 6.07) is 8.61. The first kappa shape index (κ1) is 13.5. The Bertz CT molecular complexity index is 573. The van der Waals surface area contributed by atoms with E-state index in [4.69, 9.17) is 0 Å². The molecule has 1 amide bonds. The molecule has 5 heteroatoms. The van der Waals surface area contributed by atoms with Crippen molar-refractivity contribution in [3.8, 4) is 5.75 Å². The van der Waals surface area contributed by atoms with Gasteiger partial charge in [0.15, 0.2) is 0 Å². The predicted octanol–water partition coefficient (Wildman–Crippen LogP) is 2.52. The smallest absolute Gasteiger partial charge is 0.255 e. The summed E-state index contributed by atoms with van der Waals surface area (Å²) in [7, 11) is 0. The van der Waals surface area contributed by atoms with Gasteiger partial charge in [-0.1, -0.05) is 22.0 Å². The van der Waals surface area contributed by atoms with Gasteiger partial charge in [0.1, 0.15) is 5.75 Å². The van der Waals surface area contributed by atoms with E-state index in [0.717, 1.165) is 10.0 Å². The van der Waals surface area contributed by atoms with Gasteiger partial charge in [-0.25, -0.2) is 0 Å². The summed E-state index contributed by atoms with van der Waals surface area (Å²) < 4.78 is 0.733. The van der Waals surface area contributed by atoms with Crippen molar-refractivity contribution in [3.05, 3.63) is 58.3 Å². The van der Waals surface area contributed by atoms with Gasteiger partial charge in [-0.3, -0.25) is 9.78 Å². The largest absolute Gasteiger partial charge is 0.507 e. The van der Waals surface area contributed by atoms with Gasteiger partial charge >= 0.3 is 0 Å². The molecule has 0 saturated carbocycles. The molecule has 0 aliphatic rings. The maximum absolute atomic E-state index is 11.9. The normalized spacial score (nSPS) is 10.2. The van der Waals surface area contributed by atoms with E-state index < -0.39 is 0 Å². The summed E-state index contributed by atoms with van der Waals surface area (Å²) in [6.45, 7) is 0.500. The summed E-state index contributed by atoms with van der Waals surface area (Å²) in [5, 5.41) is 12.4. The second-order valence-corrected chi connectivity index (χ2v) is 4.94. The molecular formula is C14H13BrN2O2. The molecule has 4 nitrogen and oxygen atoms in total. The van der Waals surface area contributed by atoms with Crippen molar-refractivity contribution in [3.63, 3.8) is 0 Å². The number of aromatic nitrogens is 1. The van der Waals surface area contributed by atoms with E-state index in [1.807, 2.05) is 12.1 Å². The third-order valence-electron chi connectivity index (χ3n) is 2.63. The molecule has 19 heavy (non-hydrogen) atoms. The second-order valence-electron chi connectivity index (χ2n) is 4.03. The van der Waals surface area contributed by atoms with Crippen LogP contribution >= 0.6 is 15.9 Å². The Hall–Kier alpha value is -1.88. The zero-order chi connectivity index (χ0) is 13.7. The van der Waals surface area contributed by atoms with Crippen molar-refractivity contribution >= 4 is 21.8 Å². The van der Waals surface area contributed by atoms with Crippen LogP contribution < -0.4 is 5.32 Å². The van der Waals surface area contributed by atoms with Crippen molar-refractivity contribution in [1.29, 1.82) is 0 Å². The second kappa shape index (κ2) is 6.33. The molecule has 98 valence electrons. The number of hydrogen-bond acceptors (Lipinski definition) is 3. The lowest BCUT2D eigenvalue weighted by Gasteiger charge is -2.07. The molecule has 0 aliphatic carbocycles. The number of carbonyl (C=O) groups excluding carboxylic acids is 1. The molecule has 2 N–H and O–H groups in total. The number of nitrogens with zero attached hydrogens (tertiary/aromatic N) is 1. The van der Waals surface area contributed by atoms with Gasteiger partial charge in [-0.15, -0.1) is 0 Å². The van der Waals surface area contributed by atoms with Gasteiger partial charge in [0.25, 0.3) is 5.91 Å². The average Bonchev–Trinajstić information content (AvgIpc) is 2.39. The molecule has 2 aromatic rings. The topological polar surface area (TPSA) is 62.2 Å². The van der Waals surface area contributed by atoms with Gasteiger partial charge < -0.3 is 10.4 Å². The van der Waals surface area contributed by atoms with Gasteiger partial charge in [-0.05, 0) is 36.2 Å². The van der Waals surface area contributed by atoms with Gasteiger partial charge in [0.2, 0.25) is 0 Å².